The van der Waals surface area contributed by atoms with E-state index in [2.05, 4.69) is 17.3 Å². The molecular formula is C15H19N3O4S. The lowest BCUT2D eigenvalue weighted by Gasteiger charge is -2.29. The summed E-state index contributed by atoms with van der Waals surface area (Å²) < 4.78 is 28.2. The third-order valence-corrected chi connectivity index (χ3v) is 5.00. The van der Waals surface area contributed by atoms with Gasteiger partial charge in [0.25, 0.3) is 5.91 Å². The number of nitrogens with zero attached hydrogens (tertiary/aromatic N) is 1. The number of likely N-dealkylation sites (tertiary alicyclic amines) is 1. The van der Waals surface area contributed by atoms with Gasteiger partial charge in [-0.15, -0.1) is 0 Å². The summed E-state index contributed by atoms with van der Waals surface area (Å²) in [6.45, 7) is 1.89. The molecule has 0 atom stereocenters. The van der Waals surface area contributed by atoms with Gasteiger partial charge in [0.1, 0.15) is 5.58 Å². The van der Waals surface area contributed by atoms with Gasteiger partial charge in [0.05, 0.1) is 4.90 Å². The van der Waals surface area contributed by atoms with Crippen molar-refractivity contribution in [1.29, 1.82) is 0 Å². The topological polar surface area (TPSA) is 106 Å². The summed E-state index contributed by atoms with van der Waals surface area (Å²) >= 11 is 0. The molecule has 1 amide bonds. The Morgan fingerprint density at radius 2 is 2.00 bits per heavy atom. The van der Waals surface area contributed by atoms with Crippen molar-refractivity contribution < 1.29 is 17.6 Å². The van der Waals surface area contributed by atoms with Crippen LogP contribution in [-0.2, 0) is 10.0 Å². The fourth-order valence-corrected chi connectivity index (χ4v) is 3.27. The maximum atomic E-state index is 12.3. The first-order valence-corrected chi connectivity index (χ1v) is 8.93. The highest BCUT2D eigenvalue weighted by molar-refractivity contribution is 7.89. The highest BCUT2D eigenvalue weighted by atomic mass is 32.2. The van der Waals surface area contributed by atoms with E-state index in [1.54, 1.807) is 0 Å². The van der Waals surface area contributed by atoms with Gasteiger partial charge in [0, 0.05) is 11.4 Å². The molecule has 0 bridgehead atoms. The van der Waals surface area contributed by atoms with E-state index in [-0.39, 0.29) is 22.6 Å². The number of hydrogen-bond donors (Lipinski definition) is 2. The fraction of sp³-hybridized carbons (Fsp3) is 0.400. The van der Waals surface area contributed by atoms with Gasteiger partial charge >= 0.3 is 0 Å². The van der Waals surface area contributed by atoms with E-state index < -0.39 is 10.0 Å². The van der Waals surface area contributed by atoms with Crippen LogP contribution >= 0.6 is 0 Å². The molecule has 124 valence electrons. The average molecular weight is 337 g/mol. The summed E-state index contributed by atoms with van der Waals surface area (Å²) in [5.41, 5.74) is 0.450. The summed E-state index contributed by atoms with van der Waals surface area (Å²) in [7, 11) is -1.72. The Morgan fingerprint density at radius 1 is 1.30 bits per heavy atom. The van der Waals surface area contributed by atoms with Crippen LogP contribution in [0.5, 0.6) is 0 Å². The third-order valence-electron chi connectivity index (χ3n) is 4.09. The van der Waals surface area contributed by atoms with E-state index >= 15 is 0 Å². The van der Waals surface area contributed by atoms with Gasteiger partial charge in [-0.3, -0.25) is 4.79 Å². The molecule has 2 heterocycles. The second-order valence-corrected chi connectivity index (χ2v) is 7.47. The summed E-state index contributed by atoms with van der Waals surface area (Å²) in [4.78, 5) is 14.5. The molecule has 0 saturated carbocycles. The number of furan rings is 1. The largest absolute Gasteiger partial charge is 0.451 e. The molecule has 1 aliphatic rings. The molecule has 3 rings (SSSR count). The Balaban J connectivity index is 1.78. The van der Waals surface area contributed by atoms with Crippen molar-refractivity contribution >= 4 is 26.9 Å². The van der Waals surface area contributed by atoms with Crippen LogP contribution in [0.25, 0.3) is 11.0 Å². The molecule has 0 radical (unpaired) electrons. The Hall–Kier alpha value is -1.90. The zero-order valence-electron chi connectivity index (χ0n) is 12.8. The molecule has 1 fully saturated rings. The van der Waals surface area contributed by atoms with Crippen molar-refractivity contribution in [2.45, 2.75) is 23.8 Å². The maximum absolute atomic E-state index is 12.3. The monoisotopic (exact) mass is 337 g/mol. The first-order valence-electron chi connectivity index (χ1n) is 7.39. The number of rotatable bonds is 3. The number of benzene rings is 1. The second kappa shape index (κ2) is 5.95. The molecule has 8 heteroatoms. The smallest absolute Gasteiger partial charge is 0.287 e. The van der Waals surface area contributed by atoms with E-state index in [1.165, 1.54) is 24.3 Å². The molecular weight excluding hydrogens is 318 g/mol. The van der Waals surface area contributed by atoms with Crippen molar-refractivity contribution in [2.24, 2.45) is 5.14 Å². The maximum Gasteiger partial charge on any atom is 0.287 e. The molecule has 0 spiro atoms. The van der Waals surface area contributed by atoms with Gasteiger partial charge in [-0.05, 0) is 57.2 Å². The summed E-state index contributed by atoms with van der Waals surface area (Å²) in [6, 6.07) is 5.93. The van der Waals surface area contributed by atoms with E-state index in [0.717, 1.165) is 25.9 Å². The number of sulfonamides is 1. The molecule has 1 aromatic heterocycles. The lowest BCUT2D eigenvalue weighted by molar-refractivity contribution is 0.0891. The normalized spacial score (nSPS) is 17.5. The van der Waals surface area contributed by atoms with E-state index in [1.807, 2.05) is 0 Å². The van der Waals surface area contributed by atoms with Crippen LogP contribution in [0.4, 0.5) is 0 Å². The number of primary sulfonamides is 1. The number of fused-ring (bicyclic) bond motifs is 1. The molecule has 3 N–H and O–H groups in total. The minimum Gasteiger partial charge on any atom is -0.451 e. The number of piperidine rings is 1. The van der Waals surface area contributed by atoms with E-state index in [0.29, 0.717) is 11.0 Å². The molecule has 0 unspecified atom stereocenters. The predicted octanol–water partition coefficient (Wildman–Crippen LogP) is 0.904. The molecule has 7 nitrogen and oxygen atoms in total. The number of nitrogens with two attached hydrogens (primary N) is 1. The Labute approximate surface area is 134 Å². The minimum atomic E-state index is -3.78. The van der Waals surface area contributed by atoms with Crippen LogP contribution in [0.1, 0.15) is 23.4 Å². The van der Waals surface area contributed by atoms with Crippen LogP contribution in [0.3, 0.4) is 0 Å². The average Bonchev–Trinajstić information content (AvgIpc) is 2.92. The minimum absolute atomic E-state index is 0.00641. The first kappa shape index (κ1) is 16.0. The summed E-state index contributed by atoms with van der Waals surface area (Å²) in [5, 5.41) is 8.60. The van der Waals surface area contributed by atoms with E-state index in [4.69, 9.17) is 9.56 Å². The van der Waals surface area contributed by atoms with E-state index in [9.17, 15) is 13.2 Å². The number of nitrogens with one attached hydrogen (secondary N) is 1. The molecule has 23 heavy (non-hydrogen) atoms. The van der Waals surface area contributed by atoms with Crippen molar-refractivity contribution in [3.05, 3.63) is 30.0 Å². The van der Waals surface area contributed by atoms with Crippen molar-refractivity contribution in [3.63, 3.8) is 0 Å². The Kier molecular flexibility index (Phi) is 4.13. The highest BCUT2D eigenvalue weighted by Crippen LogP contribution is 2.23. The van der Waals surface area contributed by atoms with Crippen LogP contribution in [0.15, 0.2) is 33.6 Å². The third kappa shape index (κ3) is 3.54. The van der Waals surface area contributed by atoms with Crippen LogP contribution in [-0.4, -0.2) is 45.4 Å². The summed E-state index contributed by atoms with van der Waals surface area (Å²) in [5.74, 6) is -0.113. The number of carbonyl (C=O) groups is 1. The van der Waals surface area contributed by atoms with Crippen molar-refractivity contribution in [3.8, 4) is 0 Å². The first-order chi connectivity index (χ1) is 10.8. The number of carbonyl (C=O) groups excluding carboxylic acids is 1. The van der Waals surface area contributed by atoms with Gasteiger partial charge in [0.2, 0.25) is 10.0 Å². The van der Waals surface area contributed by atoms with Crippen molar-refractivity contribution in [1.82, 2.24) is 10.2 Å². The lowest BCUT2D eigenvalue weighted by atomic mass is 10.1. The molecule has 2 aromatic rings. The Bertz CT molecular complexity index is 836. The zero-order chi connectivity index (χ0) is 16.6. The van der Waals surface area contributed by atoms with Crippen LogP contribution in [0, 0.1) is 0 Å². The SMILES string of the molecule is CN1CCC(NC(=O)c2cc3cc(S(N)(=O)=O)ccc3o2)CC1. The highest BCUT2D eigenvalue weighted by Gasteiger charge is 2.21. The summed E-state index contributed by atoms with van der Waals surface area (Å²) in [6.07, 6.45) is 1.80. The van der Waals surface area contributed by atoms with Crippen LogP contribution in [0.2, 0.25) is 0 Å². The molecule has 1 saturated heterocycles. The predicted molar refractivity (Wildman–Crippen MR) is 85.6 cm³/mol. The number of hydrogen-bond acceptors (Lipinski definition) is 5. The van der Waals surface area contributed by atoms with Gasteiger partial charge in [0.15, 0.2) is 5.76 Å². The quantitative estimate of drug-likeness (QED) is 0.866. The standard InChI is InChI=1S/C15H19N3O4S/c1-18-6-4-11(5-7-18)17-15(19)14-9-10-8-12(23(16,20)21)2-3-13(10)22-14/h2-3,8-9,11H,4-7H2,1H3,(H,17,19)(H2,16,20,21). The van der Waals surface area contributed by atoms with Crippen LogP contribution < -0.4 is 10.5 Å². The fourth-order valence-electron chi connectivity index (χ4n) is 2.72. The van der Waals surface area contributed by atoms with Gasteiger partial charge in [-0.25, -0.2) is 13.6 Å². The molecule has 1 aliphatic heterocycles. The Morgan fingerprint density at radius 3 is 2.65 bits per heavy atom. The van der Waals surface area contributed by atoms with Gasteiger partial charge in [-0.2, -0.15) is 0 Å². The van der Waals surface area contributed by atoms with Gasteiger partial charge < -0.3 is 14.6 Å². The molecule has 0 aliphatic carbocycles. The van der Waals surface area contributed by atoms with Crippen molar-refractivity contribution in [2.75, 3.05) is 20.1 Å². The zero-order valence-corrected chi connectivity index (χ0v) is 13.6. The lowest BCUT2D eigenvalue weighted by Crippen LogP contribution is -2.43. The molecule has 1 aromatic carbocycles. The second-order valence-electron chi connectivity index (χ2n) is 5.91. The van der Waals surface area contributed by atoms with Gasteiger partial charge in [-0.1, -0.05) is 0 Å². The number of amides is 1.